The SMILES string of the molecule is CCN(CC)c1ccc2c(c1)OC(C(C)(C)C)C(=O)C2. The topological polar surface area (TPSA) is 29.5 Å². The zero-order chi connectivity index (χ0) is 14.9. The van der Waals surface area contributed by atoms with Gasteiger partial charge >= 0.3 is 0 Å². The van der Waals surface area contributed by atoms with Gasteiger partial charge in [-0.1, -0.05) is 26.8 Å². The van der Waals surface area contributed by atoms with E-state index in [4.69, 9.17) is 4.74 Å². The maximum absolute atomic E-state index is 12.2. The van der Waals surface area contributed by atoms with E-state index in [9.17, 15) is 4.79 Å². The average Bonchev–Trinajstić information content (AvgIpc) is 2.38. The fourth-order valence-corrected chi connectivity index (χ4v) is 2.72. The number of nitrogens with zero attached hydrogens (tertiary/aromatic N) is 1. The number of anilines is 1. The quantitative estimate of drug-likeness (QED) is 0.846. The van der Waals surface area contributed by atoms with Crippen molar-refractivity contribution < 1.29 is 9.53 Å². The molecular formula is C17H25NO2. The molecule has 1 aromatic carbocycles. The van der Waals surface area contributed by atoms with Crippen LogP contribution in [0.2, 0.25) is 0 Å². The van der Waals surface area contributed by atoms with Gasteiger partial charge < -0.3 is 9.64 Å². The number of ketones is 1. The van der Waals surface area contributed by atoms with Gasteiger partial charge in [-0.3, -0.25) is 4.79 Å². The van der Waals surface area contributed by atoms with Crippen LogP contribution in [0.25, 0.3) is 0 Å². The molecule has 0 radical (unpaired) electrons. The van der Waals surface area contributed by atoms with Gasteiger partial charge in [0, 0.05) is 42.2 Å². The molecule has 20 heavy (non-hydrogen) atoms. The Balaban J connectivity index is 2.33. The van der Waals surface area contributed by atoms with Crippen LogP contribution in [-0.2, 0) is 11.2 Å². The number of ether oxygens (including phenoxy) is 1. The van der Waals surface area contributed by atoms with Gasteiger partial charge in [-0.25, -0.2) is 0 Å². The van der Waals surface area contributed by atoms with Crippen molar-refractivity contribution in [2.45, 2.75) is 47.1 Å². The first-order chi connectivity index (χ1) is 9.36. The normalized spacial score (nSPS) is 18.4. The molecule has 3 nitrogen and oxygen atoms in total. The third kappa shape index (κ3) is 2.82. The molecule has 1 atom stereocenters. The van der Waals surface area contributed by atoms with Crippen molar-refractivity contribution in [3.05, 3.63) is 23.8 Å². The molecule has 0 spiro atoms. The summed E-state index contributed by atoms with van der Waals surface area (Å²) in [5.74, 6) is 1.05. The molecule has 0 fully saturated rings. The van der Waals surface area contributed by atoms with Crippen LogP contribution < -0.4 is 9.64 Å². The number of carbonyl (C=O) groups is 1. The third-order valence-electron chi connectivity index (χ3n) is 3.87. The minimum atomic E-state index is -0.345. The molecule has 0 saturated heterocycles. The van der Waals surface area contributed by atoms with Crippen molar-refractivity contribution in [1.29, 1.82) is 0 Å². The van der Waals surface area contributed by atoms with Gasteiger partial charge in [0.25, 0.3) is 0 Å². The van der Waals surface area contributed by atoms with Crippen LogP contribution in [0.5, 0.6) is 5.75 Å². The van der Waals surface area contributed by atoms with E-state index in [1.54, 1.807) is 0 Å². The maximum Gasteiger partial charge on any atom is 0.178 e. The third-order valence-corrected chi connectivity index (χ3v) is 3.87. The molecule has 1 aromatic rings. The predicted octanol–water partition coefficient (Wildman–Crippen LogP) is 3.45. The number of Topliss-reactive ketones (excluding diaryl/α,β-unsaturated/α-hetero) is 1. The van der Waals surface area contributed by atoms with Crippen molar-refractivity contribution in [2.75, 3.05) is 18.0 Å². The fraction of sp³-hybridized carbons (Fsp3) is 0.588. The molecular weight excluding hydrogens is 250 g/mol. The maximum atomic E-state index is 12.2. The van der Waals surface area contributed by atoms with Crippen molar-refractivity contribution in [1.82, 2.24) is 0 Å². The van der Waals surface area contributed by atoms with Crippen LogP contribution in [-0.4, -0.2) is 25.0 Å². The van der Waals surface area contributed by atoms with Gasteiger partial charge in [0.15, 0.2) is 11.9 Å². The lowest BCUT2D eigenvalue weighted by molar-refractivity contribution is -0.131. The monoisotopic (exact) mass is 275 g/mol. The molecule has 1 heterocycles. The lowest BCUT2D eigenvalue weighted by atomic mass is 9.83. The van der Waals surface area contributed by atoms with E-state index >= 15 is 0 Å². The van der Waals surface area contributed by atoms with Gasteiger partial charge in [-0.2, -0.15) is 0 Å². The molecule has 0 aromatic heterocycles. The molecule has 1 aliphatic heterocycles. The second-order valence-electron chi connectivity index (χ2n) is 6.47. The molecule has 2 rings (SSSR count). The Morgan fingerprint density at radius 2 is 1.90 bits per heavy atom. The minimum Gasteiger partial charge on any atom is -0.482 e. The molecule has 0 saturated carbocycles. The summed E-state index contributed by atoms with van der Waals surface area (Å²) in [5, 5.41) is 0. The highest BCUT2D eigenvalue weighted by atomic mass is 16.5. The number of carbonyl (C=O) groups excluding carboxylic acids is 1. The summed E-state index contributed by atoms with van der Waals surface area (Å²) in [5.41, 5.74) is 2.00. The zero-order valence-electron chi connectivity index (χ0n) is 13.2. The molecule has 0 aliphatic carbocycles. The summed E-state index contributed by atoms with van der Waals surface area (Å²) in [6, 6.07) is 6.19. The average molecular weight is 275 g/mol. The predicted molar refractivity (Wildman–Crippen MR) is 82.6 cm³/mol. The largest absolute Gasteiger partial charge is 0.482 e. The Bertz CT molecular complexity index is 498. The summed E-state index contributed by atoms with van der Waals surface area (Å²) in [6.45, 7) is 12.4. The molecule has 3 heteroatoms. The Labute approximate surface area is 121 Å². The Kier molecular flexibility index (Phi) is 4.07. The minimum absolute atomic E-state index is 0.167. The summed E-state index contributed by atoms with van der Waals surface area (Å²) in [6.07, 6.45) is 0.137. The lowest BCUT2D eigenvalue weighted by Gasteiger charge is -2.34. The van der Waals surface area contributed by atoms with Crippen LogP contribution in [0, 0.1) is 5.41 Å². The van der Waals surface area contributed by atoms with Gasteiger partial charge in [-0.15, -0.1) is 0 Å². The second-order valence-corrected chi connectivity index (χ2v) is 6.47. The smallest absolute Gasteiger partial charge is 0.178 e. The van der Waals surface area contributed by atoms with Crippen molar-refractivity contribution >= 4 is 11.5 Å². The summed E-state index contributed by atoms with van der Waals surface area (Å²) in [4.78, 5) is 14.5. The summed E-state index contributed by atoms with van der Waals surface area (Å²) >= 11 is 0. The van der Waals surface area contributed by atoms with Gasteiger partial charge in [0.2, 0.25) is 0 Å². The molecule has 0 bridgehead atoms. The van der Waals surface area contributed by atoms with Crippen molar-refractivity contribution in [3.63, 3.8) is 0 Å². The highest BCUT2D eigenvalue weighted by Crippen LogP contribution is 2.35. The molecule has 1 aliphatic rings. The van der Waals surface area contributed by atoms with Gasteiger partial charge in [0.05, 0.1) is 0 Å². The van der Waals surface area contributed by atoms with Crippen LogP contribution in [0.1, 0.15) is 40.2 Å². The first kappa shape index (κ1) is 14.9. The highest BCUT2D eigenvalue weighted by molar-refractivity contribution is 5.88. The molecule has 0 N–H and O–H groups in total. The second kappa shape index (κ2) is 5.47. The van der Waals surface area contributed by atoms with E-state index in [1.165, 1.54) is 0 Å². The van der Waals surface area contributed by atoms with Crippen molar-refractivity contribution in [3.8, 4) is 5.75 Å². The van der Waals surface area contributed by atoms with E-state index in [-0.39, 0.29) is 17.3 Å². The molecule has 1 unspecified atom stereocenters. The van der Waals surface area contributed by atoms with E-state index in [0.717, 1.165) is 30.1 Å². The fourth-order valence-electron chi connectivity index (χ4n) is 2.72. The zero-order valence-corrected chi connectivity index (χ0v) is 13.2. The van der Waals surface area contributed by atoms with Gasteiger partial charge in [-0.05, 0) is 19.9 Å². The van der Waals surface area contributed by atoms with Crippen molar-refractivity contribution in [2.24, 2.45) is 5.41 Å². The Morgan fingerprint density at radius 3 is 2.45 bits per heavy atom. The Morgan fingerprint density at radius 1 is 1.25 bits per heavy atom. The van der Waals surface area contributed by atoms with E-state index in [1.807, 2.05) is 6.07 Å². The number of benzene rings is 1. The number of hydrogen-bond acceptors (Lipinski definition) is 3. The van der Waals surface area contributed by atoms with E-state index < -0.39 is 0 Å². The van der Waals surface area contributed by atoms with E-state index in [2.05, 4.69) is 51.7 Å². The highest BCUT2D eigenvalue weighted by Gasteiger charge is 2.37. The number of rotatable bonds is 3. The standard InChI is InChI=1S/C17H25NO2/c1-6-18(7-2)13-9-8-12-10-14(19)16(17(3,4)5)20-15(12)11-13/h8-9,11,16H,6-7,10H2,1-5H3. The summed E-state index contributed by atoms with van der Waals surface area (Å²) in [7, 11) is 0. The molecule has 110 valence electrons. The first-order valence-electron chi connectivity index (χ1n) is 7.44. The van der Waals surface area contributed by atoms with Crippen LogP contribution in [0.3, 0.4) is 0 Å². The van der Waals surface area contributed by atoms with E-state index in [0.29, 0.717) is 6.42 Å². The van der Waals surface area contributed by atoms with Gasteiger partial charge in [0.1, 0.15) is 5.75 Å². The van der Waals surface area contributed by atoms with Crippen LogP contribution in [0.15, 0.2) is 18.2 Å². The Hall–Kier alpha value is -1.51. The lowest BCUT2D eigenvalue weighted by Crippen LogP contribution is -2.43. The summed E-state index contributed by atoms with van der Waals surface area (Å²) < 4.78 is 6.01. The molecule has 0 amide bonds. The number of fused-ring (bicyclic) bond motifs is 1. The first-order valence-corrected chi connectivity index (χ1v) is 7.44. The van der Waals surface area contributed by atoms with Crippen LogP contribution in [0.4, 0.5) is 5.69 Å². The van der Waals surface area contributed by atoms with Crippen LogP contribution >= 0.6 is 0 Å². The number of hydrogen-bond donors (Lipinski definition) is 0.